The summed E-state index contributed by atoms with van der Waals surface area (Å²) in [6, 6.07) is 14.9. The number of hydrazone groups is 1. The second-order valence-corrected chi connectivity index (χ2v) is 7.50. The number of carbonyl (C=O) groups is 1. The zero-order chi connectivity index (χ0) is 20.8. The van der Waals surface area contributed by atoms with E-state index in [1.807, 2.05) is 61.0 Å². The summed E-state index contributed by atoms with van der Waals surface area (Å²) in [4.78, 5) is 12.2. The van der Waals surface area contributed by atoms with E-state index in [0.717, 1.165) is 16.9 Å². The van der Waals surface area contributed by atoms with Gasteiger partial charge in [0.15, 0.2) is 11.0 Å². The Balaban J connectivity index is 1.58. The van der Waals surface area contributed by atoms with Crippen LogP contribution in [0.1, 0.15) is 12.5 Å². The topological polar surface area (TPSA) is 81.4 Å². The summed E-state index contributed by atoms with van der Waals surface area (Å²) in [5.74, 6) is 1.39. The van der Waals surface area contributed by atoms with Crippen LogP contribution in [0.25, 0.3) is 11.4 Å². The number of thioether (sulfide) groups is 1. The van der Waals surface area contributed by atoms with Crippen LogP contribution in [0.15, 0.2) is 58.8 Å². The van der Waals surface area contributed by atoms with Gasteiger partial charge >= 0.3 is 0 Å². The van der Waals surface area contributed by atoms with Gasteiger partial charge in [0.2, 0.25) is 0 Å². The highest BCUT2D eigenvalue weighted by Gasteiger charge is 2.13. The van der Waals surface area contributed by atoms with Gasteiger partial charge in [-0.05, 0) is 48.9 Å². The lowest BCUT2D eigenvalue weighted by molar-refractivity contribution is -0.118. The zero-order valence-corrected chi connectivity index (χ0v) is 17.8. The molecule has 0 radical (unpaired) electrons. The number of amides is 1. The van der Waals surface area contributed by atoms with E-state index in [1.165, 1.54) is 11.8 Å². The van der Waals surface area contributed by atoms with Gasteiger partial charge in [0.1, 0.15) is 5.75 Å². The lowest BCUT2D eigenvalue weighted by Crippen LogP contribution is -2.21. The van der Waals surface area contributed by atoms with Gasteiger partial charge in [-0.25, -0.2) is 5.43 Å². The number of benzene rings is 2. The lowest BCUT2D eigenvalue weighted by atomic mass is 10.1. The maximum absolute atomic E-state index is 12.2. The van der Waals surface area contributed by atoms with Crippen LogP contribution in [0.5, 0.6) is 5.75 Å². The van der Waals surface area contributed by atoms with Gasteiger partial charge in [-0.15, -0.1) is 10.2 Å². The van der Waals surface area contributed by atoms with Crippen molar-refractivity contribution in [2.75, 3.05) is 12.9 Å². The number of hydrogen-bond acceptors (Lipinski definition) is 6. The van der Waals surface area contributed by atoms with Gasteiger partial charge in [0, 0.05) is 17.6 Å². The largest absolute Gasteiger partial charge is 0.497 e. The first-order valence-electron chi connectivity index (χ1n) is 8.73. The summed E-state index contributed by atoms with van der Waals surface area (Å²) in [6.45, 7) is 1.83. The lowest BCUT2D eigenvalue weighted by Gasteiger charge is -2.05. The number of nitrogens with zero attached hydrogens (tertiary/aromatic N) is 4. The molecule has 2 aromatic carbocycles. The van der Waals surface area contributed by atoms with E-state index in [4.69, 9.17) is 16.3 Å². The summed E-state index contributed by atoms with van der Waals surface area (Å²) >= 11 is 7.33. The third-order valence-corrected chi connectivity index (χ3v) is 5.36. The van der Waals surface area contributed by atoms with Crippen molar-refractivity contribution in [3.05, 3.63) is 59.1 Å². The van der Waals surface area contributed by atoms with Gasteiger partial charge in [0.05, 0.1) is 18.6 Å². The summed E-state index contributed by atoms with van der Waals surface area (Å²) in [5, 5.41) is 13.8. The molecule has 0 aliphatic carbocycles. The first-order valence-corrected chi connectivity index (χ1v) is 10.1. The minimum atomic E-state index is -0.227. The molecule has 29 heavy (non-hydrogen) atoms. The quantitative estimate of drug-likeness (QED) is 0.351. The molecule has 150 valence electrons. The molecule has 1 heterocycles. The van der Waals surface area contributed by atoms with Gasteiger partial charge in [-0.1, -0.05) is 35.5 Å². The summed E-state index contributed by atoms with van der Waals surface area (Å²) < 4.78 is 6.96. The fraction of sp³-hybridized carbons (Fsp3) is 0.200. The van der Waals surface area contributed by atoms with Crippen LogP contribution in [-0.2, 0) is 11.8 Å². The molecule has 1 amide bonds. The van der Waals surface area contributed by atoms with E-state index in [-0.39, 0.29) is 11.7 Å². The highest BCUT2D eigenvalue weighted by atomic mass is 35.5. The molecular formula is C20H20ClN5O2S. The molecule has 0 aliphatic heterocycles. The predicted molar refractivity (Wildman–Crippen MR) is 116 cm³/mol. The first-order chi connectivity index (χ1) is 14.0. The van der Waals surface area contributed by atoms with E-state index < -0.39 is 0 Å². The van der Waals surface area contributed by atoms with Crippen molar-refractivity contribution < 1.29 is 9.53 Å². The molecule has 0 unspecified atom stereocenters. The van der Waals surface area contributed by atoms with Crippen molar-refractivity contribution in [2.24, 2.45) is 12.1 Å². The predicted octanol–water partition coefficient (Wildman–Crippen LogP) is 3.78. The van der Waals surface area contributed by atoms with E-state index in [0.29, 0.717) is 21.7 Å². The Labute approximate surface area is 178 Å². The number of nitrogens with one attached hydrogen (secondary N) is 1. The number of ether oxygens (including phenoxy) is 1. The number of methoxy groups -OCH3 is 1. The molecule has 3 aromatic rings. The maximum Gasteiger partial charge on any atom is 0.250 e. The molecule has 1 N–H and O–H groups in total. The Bertz CT molecular complexity index is 1030. The fourth-order valence-electron chi connectivity index (χ4n) is 2.52. The Kier molecular flexibility index (Phi) is 6.90. The van der Waals surface area contributed by atoms with Crippen LogP contribution in [-0.4, -0.2) is 39.2 Å². The summed E-state index contributed by atoms with van der Waals surface area (Å²) in [6.07, 6.45) is 0. The smallest absolute Gasteiger partial charge is 0.250 e. The Morgan fingerprint density at radius 2 is 2.00 bits per heavy atom. The minimum Gasteiger partial charge on any atom is -0.497 e. The summed E-state index contributed by atoms with van der Waals surface area (Å²) in [5.41, 5.74) is 5.03. The Hall–Kier alpha value is -2.84. The molecule has 0 bridgehead atoms. The zero-order valence-electron chi connectivity index (χ0n) is 16.2. The monoisotopic (exact) mass is 429 g/mol. The standard InChI is InChI=1S/C20H20ClN5O2S/c1-13(14-7-9-17(28-3)10-8-14)22-23-18(27)12-29-20-25-24-19(26(20)2)15-5-4-6-16(21)11-15/h4-11H,12H2,1-3H3,(H,23,27)/b22-13-. The Morgan fingerprint density at radius 1 is 1.24 bits per heavy atom. The molecule has 1 aromatic heterocycles. The molecule has 7 nitrogen and oxygen atoms in total. The Morgan fingerprint density at radius 3 is 2.69 bits per heavy atom. The normalized spacial score (nSPS) is 11.4. The molecular weight excluding hydrogens is 410 g/mol. The number of carbonyl (C=O) groups excluding carboxylic acids is 1. The average Bonchev–Trinajstić information content (AvgIpc) is 3.11. The number of hydrogen-bond donors (Lipinski definition) is 1. The highest BCUT2D eigenvalue weighted by Crippen LogP contribution is 2.24. The van der Waals surface area contributed by atoms with Crippen LogP contribution < -0.4 is 10.2 Å². The van der Waals surface area contributed by atoms with Gasteiger partial charge in [0.25, 0.3) is 5.91 Å². The average molecular weight is 430 g/mol. The minimum absolute atomic E-state index is 0.168. The first kappa shape index (κ1) is 20.9. The van der Waals surface area contributed by atoms with E-state index in [2.05, 4.69) is 20.7 Å². The van der Waals surface area contributed by atoms with Crippen molar-refractivity contribution in [1.82, 2.24) is 20.2 Å². The van der Waals surface area contributed by atoms with Crippen molar-refractivity contribution in [3.63, 3.8) is 0 Å². The van der Waals surface area contributed by atoms with Gasteiger partial charge in [-0.2, -0.15) is 5.10 Å². The SMILES string of the molecule is COc1ccc(/C(C)=N\NC(=O)CSc2nnc(-c3cccc(Cl)c3)n2C)cc1. The molecule has 0 saturated heterocycles. The molecule has 0 aliphatic rings. The van der Waals surface area contributed by atoms with Crippen molar-refractivity contribution in [2.45, 2.75) is 12.1 Å². The number of rotatable bonds is 7. The fourth-order valence-corrected chi connectivity index (χ4v) is 3.42. The van der Waals surface area contributed by atoms with Crippen molar-refractivity contribution >= 4 is 35.0 Å². The molecule has 0 atom stereocenters. The van der Waals surface area contributed by atoms with Crippen molar-refractivity contribution in [1.29, 1.82) is 0 Å². The molecule has 9 heteroatoms. The molecule has 3 rings (SSSR count). The number of aromatic nitrogens is 3. The van der Waals surface area contributed by atoms with Gasteiger partial charge in [-0.3, -0.25) is 4.79 Å². The van der Waals surface area contributed by atoms with Gasteiger partial charge < -0.3 is 9.30 Å². The van der Waals surface area contributed by atoms with Crippen LogP contribution in [0.4, 0.5) is 0 Å². The van der Waals surface area contributed by atoms with Crippen LogP contribution in [0.2, 0.25) is 5.02 Å². The summed E-state index contributed by atoms with van der Waals surface area (Å²) in [7, 11) is 3.46. The van der Waals surface area contributed by atoms with E-state index in [9.17, 15) is 4.79 Å². The van der Waals surface area contributed by atoms with Crippen LogP contribution in [0.3, 0.4) is 0 Å². The number of halogens is 1. The second kappa shape index (κ2) is 9.58. The highest BCUT2D eigenvalue weighted by molar-refractivity contribution is 7.99. The van der Waals surface area contributed by atoms with Crippen LogP contribution in [0, 0.1) is 0 Å². The van der Waals surface area contributed by atoms with Crippen LogP contribution >= 0.6 is 23.4 Å². The third kappa shape index (κ3) is 5.36. The second-order valence-electron chi connectivity index (χ2n) is 6.12. The van der Waals surface area contributed by atoms with E-state index in [1.54, 1.807) is 13.2 Å². The van der Waals surface area contributed by atoms with E-state index >= 15 is 0 Å². The third-order valence-electron chi connectivity index (χ3n) is 4.11. The maximum atomic E-state index is 12.2. The van der Waals surface area contributed by atoms with Crippen molar-refractivity contribution in [3.8, 4) is 17.1 Å². The molecule has 0 fully saturated rings. The molecule has 0 spiro atoms. The molecule has 0 saturated carbocycles.